The Morgan fingerprint density at radius 3 is 2.83 bits per heavy atom. The lowest BCUT2D eigenvalue weighted by atomic mass is 10.0. The third-order valence-electron chi connectivity index (χ3n) is 4.84. The molecular formula is C20H19F2N5O2S. The molecule has 0 aliphatic carbocycles. The van der Waals surface area contributed by atoms with Crippen LogP contribution >= 0.6 is 11.8 Å². The van der Waals surface area contributed by atoms with Gasteiger partial charge in [-0.3, -0.25) is 19.9 Å². The Bertz CT molecular complexity index is 1030. The molecule has 2 heterocycles. The monoisotopic (exact) mass is 431 g/mol. The second-order valence-electron chi connectivity index (χ2n) is 6.91. The molecule has 30 heavy (non-hydrogen) atoms. The van der Waals surface area contributed by atoms with Gasteiger partial charge in [0.2, 0.25) is 11.8 Å². The van der Waals surface area contributed by atoms with Crippen LogP contribution in [0.15, 0.2) is 47.5 Å². The summed E-state index contributed by atoms with van der Waals surface area (Å²) >= 11 is 1.06. The average molecular weight is 431 g/mol. The van der Waals surface area contributed by atoms with E-state index in [2.05, 4.69) is 21.2 Å². The molecule has 3 N–H and O–H groups in total. The molecule has 156 valence electrons. The first kappa shape index (κ1) is 20.5. The topological polar surface area (TPSA) is 85.8 Å². The van der Waals surface area contributed by atoms with E-state index in [0.29, 0.717) is 12.2 Å². The zero-order chi connectivity index (χ0) is 21.3. The molecule has 0 radical (unpaired) electrons. The highest BCUT2D eigenvalue weighted by Crippen LogP contribution is 2.30. The number of rotatable bonds is 4. The summed E-state index contributed by atoms with van der Waals surface area (Å²) < 4.78 is 27.2. The second kappa shape index (κ2) is 8.50. The molecule has 7 nitrogen and oxygen atoms in total. The summed E-state index contributed by atoms with van der Waals surface area (Å²) in [7, 11) is 0. The van der Waals surface area contributed by atoms with Gasteiger partial charge in [0.25, 0.3) is 0 Å². The maximum absolute atomic E-state index is 13.8. The van der Waals surface area contributed by atoms with Gasteiger partial charge in [0, 0.05) is 18.3 Å². The van der Waals surface area contributed by atoms with Gasteiger partial charge in [-0.2, -0.15) is 0 Å². The van der Waals surface area contributed by atoms with Crippen molar-refractivity contribution < 1.29 is 18.4 Å². The number of benzene rings is 2. The van der Waals surface area contributed by atoms with Gasteiger partial charge in [-0.05, 0) is 30.7 Å². The molecule has 2 unspecified atom stereocenters. The van der Waals surface area contributed by atoms with Crippen LogP contribution in [-0.4, -0.2) is 35.4 Å². The van der Waals surface area contributed by atoms with Gasteiger partial charge in [0.05, 0.1) is 17.4 Å². The van der Waals surface area contributed by atoms with Crippen molar-refractivity contribution in [3.8, 4) is 0 Å². The number of anilines is 2. The number of amides is 2. The lowest BCUT2D eigenvalue weighted by molar-refractivity contribution is -0.121. The van der Waals surface area contributed by atoms with Crippen molar-refractivity contribution in [1.29, 1.82) is 0 Å². The summed E-state index contributed by atoms with van der Waals surface area (Å²) in [6.45, 7) is 2.25. The Morgan fingerprint density at radius 2 is 2.07 bits per heavy atom. The summed E-state index contributed by atoms with van der Waals surface area (Å²) in [6.07, 6.45) is -0.485. The molecule has 2 aromatic rings. The number of fused-ring (bicyclic) bond motifs is 1. The van der Waals surface area contributed by atoms with Gasteiger partial charge in [-0.1, -0.05) is 30.0 Å². The van der Waals surface area contributed by atoms with Crippen molar-refractivity contribution in [2.45, 2.75) is 13.1 Å². The van der Waals surface area contributed by atoms with Crippen LogP contribution in [0.4, 0.5) is 20.2 Å². The van der Waals surface area contributed by atoms with Crippen LogP contribution in [0.3, 0.4) is 0 Å². The molecule has 2 aliphatic rings. The normalized spacial score (nSPS) is 20.7. The molecule has 10 heteroatoms. The summed E-state index contributed by atoms with van der Waals surface area (Å²) in [6, 6.07) is 10.6. The van der Waals surface area contributed by atoms with Crippen LogP contribution in [-0.2, 0) is 9.59 Å². The van der Waals surface area contributed by atoms with Gasteiger partial charge < -0.3 is 5.32 Å². The fourth-order valence-corrected chi connectivity index (χ4v) is 4.11. The first-order valence-corrected chi connectivity index (χ1v) is 10.3. The summed E-state index contributed by atoms with van der Waals surface area (Å²) in [5.41, 5.74) is 7.58. The predicted molar refractivity (Wildman–Crippen MR) is 112 cm³/mol. The third kappa shape index (κ3) is 4.07. The molecule has 2 atom stereocenters. The summed E-state index contributed by atoms with van der Waals surface area (Å²) in [4.78, 5) is 31.2. The van der Waals surface area contributed by atoms with E-state index in [0.717, 1.165) is 29.5 Å². The first-order chi connectivity index (χ1) is 14.4. The highest BCUT2D eigenvalue weighted by atomic mass is 32.2. The number of hydrogen-bond acceptors (Lipinski definition) is 6. The zero-order valence-corrected chi connectivity index (χ0v) is 16.8. The van der Waals surface area contributed by atoms with E-state index in [4.69, 9.17) is 0 Å². The van der Waals surface area contributed by atoms with Crippen LogP contribution in [0.1, 0.15) is 5.56 Å². The number of carbonyl (C=O) groups is 2. The molecule has 0 bridgehead atoms. The summed E-state index contributed by atoms with van der Waals surface area (Å²) in [5, 5.41) is 3.06. The number of aliphatic imine (C=N–C) groups is 1. The van der Waals surface area contributed by atoms with E-state index < -0.39 is 23.7 Å². The Kier molecular flexibility index (Phi) is 5.80. The number of nitrogens with one attached hydrogen (secondary N) is 3. The van der Waals surface area contributed by atoms with Crippen molar-refractivity contribution in [2.24, 2.45) is 10.9 Å². The quantitative estimate of drug-likeness (QED) is 0.692. The standard InChI is InChI=1S/C20H19F2N5O2S/c1-11-4-2-3-5-16(11)24-17(28)10-30-20-25-18-13(9-23-26-18)19(29)27(20)12-6-7-14(21)15(22)8-12/h2-8,13,18,23,26H,9-10H2,1H3,(H,24,28). The van der Waals surface area contributed by atoms with Crippen molar-refractivity contribution in [3.63, 3.8) is 0 Å². The van der Waals surface area contributed by atoms with Crippen molar-refractivity contribution in [3.05, 3.63) is 59.7 Å². The van der Waals surface area contributed by atoms with Crippen molar-refractivity contribution in [2.75, 3.05) is 22.5 Å². The predicted octanol–water partition coefficient (Wildman–Crippen LogP) is 2.40. The fraction of sp³-hybridized carbons (Fsp3) is 0.250. The molecule has 4 rings (SSSR count). The minimum atomic E-state index is -1.06. The van der Waals surface area contributed by atoms with Gasteiger partial charge in [-0.15, -0.1) is 0 Å². The minimum absolute atomic E-state index is 0.00849. The number of hydrazine groups is 1. The Morgan fingerprint density at radius 1 is 1.27 bits per heavy atom. The van der Waals surface area contributed by atoms with Gasteiger partial charge >= 0.3 is 0 Å². The van der Waals surface area contributed by atoms with Gasteiger partial charge in [0.15, 0.2) is 16.8 Å². The molecule has 0 aromatic heterocycles. The molecule has 1 fully saturated rings. The van der Waals surface area contributed by atoms with E-state index in [-0.39, 0.29) is 28.4 Å². The molecular weight excluding hydrogens is 412 g/mol. The third-order valence-corrected chi connectivity index (χ3v) is 5.80. The minimum Gasteiger partial charge on any atom is -0.325 e. The maximum Gasteiger partial charge on any atom is 0.241 e. The number of para-hydroxylation sites is 1. The summed E-state index contributed by atoms with van der Waals surface area (Å²) in [5.74, 6) is -3.13. The SMILES string of the molecule is Cc1ccccc1NC(=O)CSC1=NC2NNCC2C(=O)N1c1ccc(F)c(F)c1. The van der Waals surface area contributed by atoms with Crippen LogP contribution < -0.4 is 21.1 Å². The van der Waals surface area contributed by atoms with Crippen molar-refractivity contribution >= 4 is 40.1 Å². The molecule has 1 saturated heterocycles. The molecule has 2 amide bonds. The number of thioether (sulfide) groups is 1. The first-order valence-electron chi connectivity index (χ1n) is 9.27. The van der Waals surface area contributed by atoms with E-state index >= 15 is 0 Å². The molecule has 0 saturated carbocycles. The number of carbonyl (C=O) groups excluding carboxylic acids is 2. The number of aryl methyl sites for hydroxylation is 1. The van der Waals surface area contributed by atoms with E-state index in [1.807, 2.05) is 25.1 Å². The highest BCUT2D eigenvalue weighted by molar-refractivity contribution is 8.14. The van der Waals surface area contributed by atoms with E-state index in [9.17, 15) is 18.4 Å². The Balaban J connectivity index is 1.55. The van der Waals surface area contributed by atoms with Gasteiger partial charge in [-0.25, -0.2) is 19.2 Å². The number of hydrogen-bond donors (Lipinski definition) is 3. The number of amidine groups is 1. The molecule has 2 aromatic carbocycles. The van der Waals surface area contributed by atoms with Crippen LogP contribution in [0.2, 0.25) is 0 Å². The van der Waals surface area contributed by atoms with Gasteiger partial charge in [0.1, 0.15) is 6.17 Å². The zero-order valence-electron chi connectivity index (χ0n) is 16.0. The largest absolute Gasteiger partial charge is 0.325 e. The lowest BCUT2D eigenvalue weighted by Gasteiger charge is -2.32. The Hall–Kier alpha value is -2.82. The van der Waals surface area contributed by atoms with Crippen LogP contribution in [0, 0.1) is 24.5 Å². The maximum atomic E-state index is 13.8. The number of halogens is 2. The lowest BCUT2D eigenvalue weighted by Crippen LogP contribution is -2.49. The smallest absolute Gasteiger partial charge is 0.241 e. The van der Waals surface area contributed by atoms with Crippen LogP contribution in [0.5, 0.6) is 0 Å². The second-order valence-corrected chi connectivity index (χ2v) is 7.85. The molecule has 0 spiro atoms. The molecule has 2 aliphatic heterocycles. The number of nitrogens with zero attached hydrogens (tertiary/aromatic N) is 2. The van der Waals surface area contributed by atoms with Crippen molar-refractivity contribution in [1.82, 2.24) is 10.9 Å². The fourth-order valence-electron chi connectivity index (χ4n) is 3.26. The Labute approximate surface area is 175 Å². The van der Waals surface area contributed by atoms with E-state index in [1.165, 1.54) is 11.0 Å². The average Bonchev–Trinajstić information content (AvgIpc) is 3.19. The highest BCUT2D eigenvalue weighted by Gasteiger charge is 2.42. The van der Waals surface area contributed by atoms with E-state index in [1.54, 1.807) is 6.07 Å². The van der Waals surface area contributed by atoms with Crippen LogP contribution in [0.25, 0.3) is 0 Å².